The molecule has 1 atom stereocenters. The van der Waals surface area contributed by atoms with Crippen LogP contribution in [0.5, 0.6) is 17.2 Å². The molecule has 1 aliphatic heterocycles. The van der Waals surface area contributed by atoms with Crippen molar-refractivity contribution in [1.29, 1.82) is 0 Å². The molecule has 0 saturated heterocycles. The molecule has 0 saturated carbocycles. The number of benzene rings is 1. The fourth-order valence-corrected chi connectivity index (χ4v) is 2.03. The van der Waals surface area contributed by atoms with Crippen LogP contribution in [-0.4, -0.2) is 40.1 Å². The molecule has 106 valence electrons. The van der Waals surface area contributed by atoms with Gasteiger partial charge >= 0.3 is 0 Å². The topological polar surface area (TPSA) is 49.0 Å². The van der Waals surface area contributed by atoms with E-state index in [9.17, 15) is 0 Å². The van der Waals surface area contributed by atoms with Crippen LogP contribution in [-0.2, 0) is 11.3 Å². The van der Waals surface area contributed by atoms with Gasteiger partial charge < -0.3 is 24.3 Å². The fraction of sp³-hybridized carbons (Fsp3) is 0.571. The van der Waals surface area contributed by atoms with E-state index in [4.69, 9.17) is 18.9 Å². The number of nitrogens with one attached hydrogen (secondary N) is 1. The lowest BCUT2D eigenvalue weighted by molar-refractivity contribution is 0.164. The predicted octanol–water partition coefficient (Wildman–Crippen LogP) is 1.59. The Morgan fingerprint density at radius 2 is 2.05 bits per heavy atom. The zero-order valence-electron chi connectivity index (χ0n) is 11.7. The number of ether oxygens (including phenoxy) is 4. The monoisotopic (exact) mass is 267 g/mol. The minimum atomic E-state index is 0.296. The molecule has 0 fully saturated rings. The molecule has 5 heteroatoms. The third kappa shape index (κ3) is 3.52. The molecule has 19 heavy (non-hydrogen) atoms. The lowest BCUT2D eigenvalue weighted by Crippen LogP contribution is -2.29. The van der Waals surface area contributed by atoms with Crippen molar-refractivity contribution in [1.82, 2.24) is 5.32 Å². The Morgan fingerprint density at radius 3 is 2.79 bits per heavy atom. The zero-order chi connectivity index (χ0) is 13.7. The second kappa shape index (κ2) is 6.63. The van der Waals surface area contributed by atoms with Crippen LogP contribution >= 0.6 is 0 Å². The highest BCUT2D eigenvalue weighted by Crippen LogP contribution is 2.40. The Morgan fingerprint density at radius 1 is 1.26 bits per heavy atom. The van der Waals surface area contributed by atoms with Gasteiger partial charge in [0.25, 0.3) is 0 Å². The Kier molecular flexibility index (Phi) is 4.87. The Bertz CT molecular complexity index is 405. The molecule has 0 radical (unpaired) electrons. The van der Waals surface area contributed by atoms with E-state index < -0.39 is 0 Å². The molecule has 0 aromatic heterocycles. The maximum atomic E-state index is 5.60. The van der Waals surface area contributed by atoms with Gasteiger partial charge in [-0.2, -0.15) is 0 Å². The van der Waals surface area contributed by atoms with E-state index in [-0.39, 0.29) is 0 Å². The fourth-order valence-electron chi connectivity index (χ4n) is 2.03. The minimum absolute atomic E-state index is 0.296. The first kappa shape index (κ1) is 14.0. The molecule has 1 aliphatic rings. The lowest BCUT2D eigenvalue weighted by atomic mass is 10.1. The maximum Gasteiger partial charge on any atom is 0.203 e. The van der Waals surface area contributed by atoms with Crippen molar-refractivity contribution in [3.05, 3.63) is 17.7 Å². The Balaban J connectivity index is 2.09. The highest BCUT2D eigenvalue weighted by atomic mass is 16.6. The quantitative estimate of drug-likeness (QED) is 0.848. The first-order valence-electron chi connectivity index (χ1n) is 6.43. The van der Waals surface area contributed by atoms with Gasteiger partial charge in [-0.05, 0) is 24.6 Å². The Labute approximate surface area is 113 Å². The standard InChI is InChI=1S/C14H21NO4/c1-10(9-16-2)15-8-11-6-12(17-3)14-13(7-11)18-4-5-19-14/h6-7,10,15H,4-5,8-9H2,1-3H3. The summed E-state index contributed by atoms with van der Waals surface area (Å²) in [4.78, 5) is 0. The largest absolute Gasteiger partial charge is 0.493 e. The number of methoxy groups -OCH3 is 2. The normalized spacial score (nSPS) is 15.1. The lowest BCUT2D eigenvalue weighted by Gasteiger charge is -2.22. The van der Waals surface area contributed by atoms with E-state index in [2.05, 4.69) is 12.2 Å². The van der Waals surface area contributed by atoms with Crippen LogP contribution in [0.1, 0.15) is 12.5 Å². The van der Waals surface area contributed by atoms with Crippen molar-refractivity contribution in [2.45, 2.75) is 19.5 Å². The van der Waals surface area contributed by atoms with Crippen LogP contribution in [0.4, 0.5) is 0 Å². The molecular weight excluding hydrogens is 246 g/mol. The van der Waals surface area contributed by atoms with Crippen LogP contribution in [0.25, 0.3) is 0 Å². The second-order valence-corrected chi connectivity index (χ2v) is 4.56. The van der Waals surface area contributed by atoms with Crippen LogP contribution in [0.15, 0.2) is 12.1 Å². The summed E-state index contributed by atoms with van der Waals surface area (Å²) in [5.41, 5.74) is 1.10. The van der Waals surface area contributed by atoms with Gasteiger partial charge in [0.15, 0.2) is 11.5 Å². The highest BCUT2D eigenvalue weighted by Gasteiger charge is 2.18. The average Bonchev–Trinajstić information content (AvgIpc) is 2.44. The molecule has 0 amide bonds. The summed E-state index contributed by atoms with van der Waals surface area (Å²) in [6.45, 7) is 4.64. The molecule has 1 heterocycles. The van der Waals surface area contributed by atoms with E-state index in [0.717, 1.165) is 17.9 Å². The molecule has 0 bridgehead atoms. The van der Waals surface area contributed by atoms with E-state index in [1.54, 1.807) is 14.2 Å². The summed E-state index contributed by atoms with van der Waals surface area (Å²) >= 11 is 0. The number of hydrogen-bond donors (Lipinski definition) is 1. The average molecular weight is 267 g/mol. The zero-order valence-corrected chi connectivity index (χ0v) is 11.7. The van der Waals surface area contributed by atoms with Gasteiger partial charge in [-0.25, -0.2) is 0 Å². The summed E-state index contributed by atoms with van der Waals surface area (Å²) in [6.07, 6.45) is 0. The van der Waals surface area contributed by atoms with Crippen molar-refractivity contribution in [2.75, 3.05) is 34.0 Å². The van der Waals surface area contributed by atoms with Crippen molar-refractivity contribution < 1.29 is 18.9 Å². The molecular formula is C14H21NO4. The van der Waals surface area contributed by atoms with Gasteiger partial charge in [-0.15, -0.1) is 0 Å². The Hall–Kier alpha value is -1.46. The molecule has 2 rings (SSSR count). The molecule has 1 aromatic rings. The van der Waals surface area contributed by atoms with Crippen molar-refractivity contribution in [3.8, 4) is 17.2 Å². The SMILES string of the molecule is COCC(C)NCc1cc(OC)c2c(c1)OCCO2. The number of fused-ring (bicyclic) bond motifs is 1. The van der Waals surface area contributed by atoms with E-state index in [1.165, 1.54) is 0 Å². The van der Waals surface area contributed by atoms with Gasteiger partial charge in [-0.3, -0.25) is 0 Å². The smallest absolute Gasteiger partial charge is 0.203 e. The minimum Gasteiger partial charge on any atom is -0.493 e. The molecule has 1 N–H and O–H groups in total. The van der Waals surface area contributed by atoms with E-state index >= 15 is 0 Å². The van der Waals surface area contributed by atoms with Gasteiger partial charge in [-0.1, -0.05) is 0 Å². The van der Waals surface area contributed by atoms with Crippen molar-refractivity contribution in [3.63, 3.8) is 0 Å². The van der Waals surface area contributed by atoms with Gasteiger partial charge in [0, 0.05) is 19.7 Å². The maximum absolute atomic E-state index is 5.60. The van der Waals surface area contributed by atoms with Crippen LogP contribution < -0.4 is 19.5 Å². The first-order chi connectivity index (χ1) is 9.24. The van der Waals surface area contributed by atoms with Crippen molar-refractivity contribution >= 4 is 0 Å². The predicted molar refractivity (Wildman–Crippen MR) is 72.2 cm³/mol. The molecule has 0 spiro atoms. The van der Waals surface area contributed by atoms with Gasteiger partial charge in [0.05, 0.1) is 13.7 Å². The van der Waals surface area contributed by atoms with Crippen LogP contribution in [0, 0.1) is 0 Å². The molecule has 0 aliphatic carbocycles. The van der Waals surface area contributed by atoms with E-state index in [1.807, 2.05) is 12.1 Å². The summed E-state index contributed by atoms with van der Waals surface area (Å²) < 4.78 is 21.6. The molecule has 1 aromatic carbocycles. The summed E-state index contributed by atoms with van der Waals surface area (Å²) in [5, 5.41) is 3.38. The van der Waals surface area contributed by atoms with Crippen LogP contribution in [0.3, 0.4) is 0 Å². The molecule has 1 unspecified atom stereocenters. The van der Waals surface area contributed by atoms with Gasteiger partial charge in [0.2, 0.25) is 5.75 Å². The van der Waals surface area contributed by atoms with Crippen LogP contribution in [0.2, 0.25) is 0 Å². The summed E-state index contributed by atoms with van der Waals surface area (Å²) in [5.74, 6) is 2.16. The third-order valence-corrected chi connectivity index (χ3v) is 2.96. The first-order valence-corrected chi connectivity index (χ1v) is 6.43. The summed E-state index contributed by atoms with van der Waals surface area (Å²) in [7, 11) is 3.34. The summed E-state index contributed by atoms with van der Waals surface area (Å²) in [6, 6.07) is 4.26. The number of rotatable bonds is 6. The van der Waals surface area contributed by atoms with E-state index in [0.29, 0.717) is 37.4 Å². The second-order valence-electron chi connectivity index (χ2n) is 4.56. The highest BCUT2D eigenvalue weighted by molar-refractivity contribution is 5.54. The number of hydrogen-bond acceptors (Lipinski definition) is 5. The molecule has 5 nitrogen and oxygen atoms in total. The third-order valence-electron chi connectivity index (χ3n) is 2.96. The van der Waals surface area contributed by atoms with Crippen molar-refractivity contribution in [2.24, 2.45) is 0 Å². The van der Waals surface area contributed by atoms with Gasteiger partial charge in [0.1, 0.15) is 13.2 Å².